The molecule has 3 rings (SSSR count). The number of halogens is 3. The molecule has 0 unspecified atom stereocenters. The van der Waals surface area contributed by atoms with Gasteiger partial charge in [-0.15, -0.1) is 12.4 Å². The molecule has 1 fully saturated rings. The summed E-state index contributed by atoms with van der Waals surface area (Å²) in [5.41, 5.74) is 2.08. The Balaban J connectivity index is 0.00000133. The van der Waals surface area contributed by atoms with Crippen molar-refractivity contribution in [2.75, 3.05) is 6.54 Å². The minimum Gasteiger partial charge on any atom is -0.435 e. The molecule has 1 N–H and O–H groups in total. The lowest BCUT2D eigenvalue weighted by Gasteiger charge is -2.37. The predicted octanol–water partition coefficient (Wildman–Crippen LogP) is 3.03. The molecule has 19 heavy (non-hydrogen) atoms. The minimum absolute atomic E-state index is 0. The zero-order valence-electron chi connectivity index (χ0n) is 10.3. The molecule has 0 radical (unpaired) electrons. The van der Waals surface area contributed by atoms with E-state index < -0.39 is 6.61 Å². The summed E-state index contributed by atoms with van der Waals surface area (Å²) in [5.74, 6) is 0.196. The number of ether oxygens (including phenoxy) is 2. The van der Waals surface area contributed by atoms with E-state index in [1.807, 2.05) is 6.07 Å². The molecular formula is C13H16ClF2NO2. The van der Waals surface area contributed by atoms with E-state index in [4.69, 9.17) is 4.74 Å². The van der Waals surface area contributed by atoms with Crippen LogP contribution in [-0.2, 0) is 11.3 Å². The van der Waals surface area contributed by atoms with Crippen LogP contribution < -0.4 is 10.1 Å². The third-order valence-corrected chi connectivity index (χ3v) is 3.53. The van der Waals surface area contributed by atoms with Gasteiger partial charge in [-0.25, -0.2) is 0 Å². The smallest absolute Gasteiger partial charge is 0.387 e. The van der Waals surface area contributed by atoms with Gasteiger partial charge in [-0.1, -0.05) is 6.07 Å². The van der Waals surface area contributed by atoms with Crippen LogP contribution in [-0.4, -0.2) is 19.3 Å². The van der Waals surface area contributed by atoms with E-state index in [0.29, 0.717) is 6.61 Å². The predicted molar refractivity (Wildman–Crippen MR) is 68.9 cm³/mol. The van der Waals surface area contributed by atoms with Crippen molar-refractivity contribution >= 4 is 12.4 Å². The number of rotatable bonds is 2. The fourth-order valence-corrected chi connectivity index (χ4v) is 2.73. The third-order valence-electron chi connectivity index (χ3n) is 3.53. The summed E-state index contributed by atoms with van der Waals surface area (Å²) in [5, 5.41) is 3.42. The maximum absolute atomic E-state index is 12.2. The monoisotopic (exact) mass is 291 g/mol. The first-order valence-electron chi connectivity index (χ1n) is 6.16. The molecule has 2 heterocycles. The molecule has 1 aromatic rings. The molecule has 1 aromatic carbocycles. The standard InChI is InChI=1S/C13H15F2NO2.ClH/c14-13(15)18-9-3-4-10-8(6-9)7-17-11-2-1-5-16-12(10)11;/h3-4,6,11-13,16H,1-2,5,7H2;1H/t11-,12-;/m0./s1. The molecule has 0 spiro atoms. The van der Waals surface area contributed by atoms with Gasteiger partial charge in [0, 0.05) is 0 Å². The Bertz CT molecular complexity index is 445. The van der Waals surface area contributed by atoms with Crippen molar-refractivity contribution in [1.82, 2.24) is 5.32 Å². The quantitative estimate of drug-likeness (QED) is 0.908. The van der Waals surface area contributed by atoms with Crippen molar-refractivity contribution in [3.05, 3.63) is 29.3 Å². The molecule has 3 nitrogen and oxygen atoms in total. The van der Waals surface area contributed by atoms with Crippen molar-refractivity contribution in [3.8, 4) is 5.75 Å². The summed E-state index contributed by atoms with van der Waals surface area (Å²) < 4.78 is 34.5. The summed E-state index contributed by atoms with van der Waals surface area (Å²) >= 11 is 0. The molecule has 2 aliphatic heterocycles. The second-order valence-electron chi connectivity index (χ2n) is 4.66. The first-order valence-corrected chi connectivity index (χ1v) is 6.16. The highest BCUT2D eigenvalue weighted by Crippen LogP contribution is 2.35. The molecule has 0 amide bonds. The summed E-state index contributed by atoms with van der Waals surface area (Å²) in [7, 11) is 0. The van der Waals surface area contributed by atoms with Gasteiger partial charge in [0.2, 0.25) is 0 Å². The first-order chi connectivity index (χ1) is 8.74. The topological polar surface area (TPSA) is 30.5 Å². The van der Waals surface area contributed by atoms with Gasteiger partial charge in [-0.05, 0) is 42.6 Å². The zero-order valence-corrected chi connectivity index (χ0v) is 11.1. The van der Waals surface area contributed by atoms with Gasteiger partial charge in [0.05, 0.1) is 18.8 Å². The van der Waals surface area contributed by atoms with Crippen LogP contribution in [0.2, 0.25) is 0 Å². The summed E-state index contributed by atoms with van der Waals surface area (Å²) in [6.45, 7) is -1.34. The highest BCUT2D eigenvalue weighted by molar-refractivity contribution is 5.85. The molecule has 0 aromatic heterocycles. The zero-order chi connectivity index (χ0) is 12.5. The van der Waals surface area contributed by atoms with Gasteiger partial charge >= 0.3 is 6.61 Å². The van der Waals surface area contributed by atoms with Crippen molar-refractivity contribution in [2.24, 2.45) is 0 Å². The Morgan fingerprint density at radius 1 is 1.37 bits per heavy atom. The normalized spacial score (nSPS) is 25.2. The fraction of sp³-hybridized carbons (Fsp3) is 0.538. The largest absolute Gasteiger partial charge is 0.435 e. The maximum atomic E-state index is 12.2. The van der Waals surface area contributed by atoms with Crippen LogP contribution in [0.3, 0.4) is 0 Å². The highest BCUT2D eigenvalue weighted by atomic mass is 35.5. The van der Waals surface area contributed by atoms with E-state index in [0.717, 1.165) is 30.5 Å². The molecule has 0 saturated carbocycles. The van der Waals surface area contributed by atoms with Crippen LogP contribution in [0.1, 0.15) is 30.0 Å². The Hall–Kier alpha value is -0.910. The van der Waals surface area contributed by atoms with Crippen molar-refractivity contribution < 1.29 is 18.3 Å². The van der Waals surface area contributed by atoms with Crippen LogP contribution >= 0.6 is 12.4 Å². The SMILES string of the molecule is Cl.FC(F)Oc1ccc2c(c1)CO[C@H]1CCCN[C@@H]21. The summed E-state index contributed by atoms with van der Waals surface area (Å²) in [6.07, 6.45) is 2.36. The van der Waals surface area contributed by atoms with E-state index in [9.17, 15) is 8.78 Å². The van der Waals surface area contributed by atoms with Crippen molar-refractivity contribution in [3.63, 3.8) is 0 Å². The molecule has 2 atom stereocenters. The van der Waals surface area contributed by atoms with E-state index in [-0.39, 0.29) is 30.3 Å². The number of benzene rings is 1. The maximum Gasteiger partial charge on any atom is 0.387 e. The van der Waals surface area contributed by atoms with Crippen molar-refractivity contribution in [2.45, 2.75) is 38.2 Å². The van der Waals surface area contributed by atoms with Gasteiger partial charge in [0.15, 0.2) is 0 Å². The van der Waals surface area contributed by atoms with E-state index in [2.05, 4.69) is 10.1 Å². The van der Waals surface area contributed by atoms with E-state index >= 15 is 0 Å². The average Bonchev–Trinajstić information content (AvgIpc) is 2.37. The lowest BCUT2D eigenvalue weighted by molar-refractivity contribution is -0.0505. The van der Waals surface area contributed by atoms with Gasteiger partial charge in [0.25, 0.3) is 0 Å². The Morgan fingerprint density at radius 2 is 2.21 bits per heavy atom. The Labute approximate surface area is 116 Å². The lowest BCUT2D eigenvalue weighted by atomic mass is 9.89. The van der Waals surface area contributed by atoms with E-state index in [1.165, 1.54) is 0 Å². The van der Waals surface area contributed by atoms with Crippen LogP contribution in [0.4, 0.5) is 8.78 Å². The van der Waals surface area contributed by atoms with Crippen LogP contribution in [0.25, 0.3) is 0 Å². The molecule has 0 bridgehead atoms. The van der Waals surface area contributed by atoms with Crippen LogP contribution in [0.15, 0.2) is 18.2 Å². The number of nitrogens with one attached hydrogen (secondary N) is 1. The average molecular weight is 292 g/mol. The molecule has 1 saturated heterocycles. The highest BCUT2D eigenvalue weighted by Gasteiger charge is 2.32. The van der Waals surface area contributed by atoms with Crippen LogP contribution in [0.5, 0.6) is 5.75 Å². The second-order valence-corrected chi connectivity index (χ2v) is 4.66. The number of piperidine rings is 1. The first kappa shape index (κ1) is 14.5. The fourth-order valence-electron chi connectivity index (χ4n) is 2.73. The number of hydrogen-bond acceptors (Lipinski definition) is 3. The van der Waals surface area contributed by atoms with Gasteiger partial charge in [0.1, 0.15) is 5.75 Å². The Kier molecular flexibility index (Phi) is 4.60. The van der Waals surface area contributed by atoms with E-state index in [1.54, 1.807) is 12.1 Å². The number of alkyl halides is 2. The van der Waals surface area contributed by atoms with Crippen molar-refractivity contribution in [1.29, 1.82) is 0 Å². The Morgan fingerprint density at radius 3 is 3.00 bits per heavy atom. The van der Waals surface area contributed by atoms with Gasteiger partial charge in [-0.3, -0.25) is 0 Å². The van der Waals surface area contributed by atoms with Gasteiger partial charge in [-0.2, -0.15) is 8.78 Å². The van der Waals surface area contributed by atoms with Gasteiger partial charge < -0.3 is 14.8 Å². The molecule has 0 aliphatic carbocycles. The number of fused-ring (bicyclic) bond motifs is 3. The third kappa shape index (κ3) is 2.99. The lowest BCUT2D eigenvalue weighted by Crippen LogP contribution is -2.42. The molecule has 2 aliphatic rings. The molecule has 106 valence electrons. The summed E-state index contributed by atoms with van der Waals surface area (Å²) in [6, 6.07) is 5.30. The second kappa shape index (κ2) is 6.03. The number of hydrogen-bond donors (Lipinski definition) is 1. The van der Waals surface area contributed by atoms with Crippen LogP contribution in [0, 0.1) is 0 Å². The molecular weight excluding hydrogens is 276 g/mol. The minimum atomic E-state index is -2.78. The molecule has 6 heteroatoms. The summed E-state index contributed by atoms with van der Waals surface area (Å²) in [4.78, 5) is 0.